The van der Waals surface area contributed by atoms with Gasteiger partial charge in [0.05, 0.1) is 13.2 Å². The summed E-state index contributed by atoms with van der Waals surface area (Å²) in [4.78, 5) is 31.9. The fraction of sp³-hybridized carbons (Fsp3) is 0.227. The number of carbonyl (C=O) groups excluding carboxylic acids is 2. The summed E-state index contributed by atoms with van der Waals surface area (Å²) in [6.07, 6.45) is -1.01. The molecule has 29 heavy (non-hydrogen) atoms. The van der Waals surface area contributed by atoms with Gasteiger partial charge in [-0.15, -0.1) is 11.3 Å². The fourth-order valence-corrected chi connectivity index (χ4v) is 3.88. The van der Waals surface area contributed by atoms with Gasteiger partial charge in [0, 0.05) is 29.6 Å². The van der Waals surface area contributed by atoms with Crippen LogP contribution >= 0.6 is 11.3 Å². The highest BCUT2D eigenvalue weighted by Crippen LogP contribution is 2.26. The maximum Gasteiger partial charge on any atom is 0.358 e. The molecule has 1 aliphatic heterocycles. The van der Waals surface area contributed by atoms with Crippen LogP contribution in [0.4, 0.5) is 0 Å². The minimum Gasteiger partial charge on any atom is -0.443 e. The summed E-state index contributed by atoms with van der Waals surface area (Å²) in [5.74, 6) is -0.856. The first-order valence-electron chi connectivity index (χ1n) is 9.36. The second-order valence-corrected chi connectivity index (χ2v) is 7.40. The van der Waals surface area contributed by atoms with Crippen molar-refractivity contribution in [1.82, 2.24) is 9.88 Å². The number of ether oxygens (including phenoxy) is 2. The first-order valence-corrected chi connectivity index (χ1v) is 10.2. The van der Waals surface area contributed by atoms with Gasteiger partial charge in [0.25, 0.3) is 5.91 Å². The number of esters is 1. The number of thiazole rings is 1. The lowest BCUT2D eigenvalue weighted by Gasteiger charge is -2.30. The van der Waals surface area contributed by atoms with Gasteiger partial charge in [0.1, 0.15) is 5.01 Å². The number of rotatable bonds is 5. The molecule has 4 rings (SSSR count). The van der Waals surface area contributed by atoms with Crippen molar-refractivity contribution in [3.63, 3.8) is 0 Å². The highest BCUT2D eigenvalue weighted by Gasteiger charge is 2.31. The molecule has 0 spiro atoms. The number of amides is 1. The zero-order valence-corrected chi connectivity index (χ0v) is 16.5. The second-order valence-electron chi connectivity index (χ2n) is 6.54. The average molecular weight is 408 g/mol. The fourth-order valence-electron chi connectivity index (χ4n) is 3.09. The molecule has 148 valence electrons. The summed E-state index contributed by atoms with van der Waals surface area (Å²) in [6.45, 7) is 1.92. The van der Waals surface area contributed by atoms with E-state index < -0.39 is 12.1 Å². The van der Waals surface area contributed by atoms with Gasteiger partial charge in [-0.3, -0.25) is 4.79 Å². The SMILES string of the molecule is O=C(O[C@@H](C(=O)N1CCOCC1)c1ccccc1)c1csc(-c2ccccc2)n1. The topological polar surface area (TPSA) is 68.7 Å². The Balaban J connectivity index is 1.55. The number of benzene rings is 2. The third-order valence-electron chi connectivity index (χ3n) is 4.61. The van der Waals surface area contributed by atoms with E-state index in [9.17, 15) is 9.59 Å². The molecular weight excluding hydrogens is 388 g/mol. The molecule has 6 nitrogen and oxygen atoms in total. The molecule has 0 radical (unpaired) electrons. The van der Waals surface area contributed by atoms with Gasteiger partial charge in [-0.25, -0.2) is 9.78 Å². The summed E-state index contributed by atoms with van der Waals surface area (Å²) in [7, 11) is 0. The zero-order valence-electron chi connectivity index (χ0n) is 15.7. The van der Waals surface area contributed by atoms with Crippen LogP contribution in [0.1, 0.15) is 22.2 Å². The number of hydrogen-bond donors (Lipinski definition) is 0. The van der Waals surface area contributed by atoms with Crippen molar-refractivity contribution in [3.8, 4) is 10.6 Å². The summed E-state index contributed by atoms with van der Waals surface area (Å²) in [6, 6.07) is 18.7. The van der Waals surface area contributed by atoms with E-state index in [1.165, 1.54) is 11.3 Å². The minimum absolute atomic E-state index is 0.199. The summed E-state index contributed by atoms with van der Waals surface area (Å²) in [5.41, 5.74) is 1.76. The van der Waals surface area contributed by atoms with Gasteiger partial charge >= 0.3 is 5.97 Å². The zero-order chi connectivity index (χ0) is 20.1. The van der Waals surface area contributed by atoms with Crippen LogP contribution in [0.2, 0.25) is 0 Å². The van der Waals surface area contributed by atoms with Gasteiger partial charge in [0.2, 0.25) is 6.10 Å². The molecule has 1 saturated heterocycles. The van der Waals surface area contributed by atoms with E-state index in [0.29, 0.717) is 31.9 Å². The van der Waals surface area contributed by atoms with E-state index >= 15 is 0 Å². The van der Waals surface area contributed by atoms with Crippen molar-refractivity contribution in [2.24, 2.45) is 0 Å². The van der Waals surface area contributed by atoms with Crippen molar-refractivity contribution in [2.45, 2.75) is 6.10 Å². The number of aromatic nitrogens is 1. The number of carbonyl (C=O) groups is 2. The molecule has 2 heterocycles. The molecule has 0 aliphatic carbocycles. The maximum absolute atomic E-state index is 13.1. The molecule has 1 aromatic heterocycles. The van der Waals surface area contributed by atoms with E-state index in [-0.39, 0.29) is 11.6 Å². The Morgan fingerprint density at radius 2 is 1.66 bits per heavy atom. The average Bonchev–Trinajstić information content (AvgIpc) is 3.29. The van der Waals surface area contributed by atoms with Crippen molar-refractivity contribution in [1.29, 1.82) is 0 Å². The molecule has 0 N–H and O–H groups in total. The van der Waals surface area contributed by atoms with Gasteiger partial charge in [-0.1, -0.05) is 60.7 Å². The standard InChI is InChI=1S/C22H20N2O4S/c25-21(24-11-13-27-14-12-24)19(16-7-3-1-4-8-16)28-22(26)18-15-29-20(23-18)17-9-5-2-6-10-17/h1-10,15,19H,11-14H2/t19-/m1/s1. The van der Waals surface area contributed by atoms with E-state index in [0.717, 1.165) is 10.6 Å². The smallest absolute Gasteiger partial charge is 0.358 e. The first-order chi connectivity index (χ1) is 14.2. The summed E-state index contributed by atoms with van der Waals surface area (Å²) >= 11 is 1.37. The minimum atomic E-state index is -1.01. The molecule has 1 fully saturated rings. The van der Waals surface area contributed by atoms with Crippen LogP contribution in [0.25, 0.3) is 10.6 Å². The highest BCUT2D eigenvalue weighted by molar-refractivity contribution is 7.13. The molecule has 3 aromatic rings. The predicted octanol–water partition coefficient (Wildman–Crippen LogP) is 3.57. The van der Waals surface area contributed by atoms with Crippen LogP contribution < -0.4 is 0 Å². The summed E-state index contributed by atoms with van der Waals surface area (Å²) < 4.78 is 11.0. The Hall–Kier alpha value is -3.03. The molecule has 1 amide bonds. The quantitative estimate of drug-likeness (QED) is 0.604. The Morgan fingerprint density at radius 3 is 2.34 bits per heavy atom. The predicted molar refractivity (Wildman–Crippen MR) is 110 cm³/mol. The number of hydrogen-bond acceptors (Lipinski definition) is 6. The lowest BCUT2D eigenvalue weighted by molar-refractivity contribution is -0.145. The Labute approximate surface area is 172 Å². The van der Waals surface area contributed by atoms with Crippen LogP contribution in [-0.2, 0) is 14.3 Å². The Morgan fingerprint density at radius 1 is 1.00 bits per heavy atom. The molecular formula is C22H20N2O4S. The maximum atomic E-state index is 13.1. The Bertz CT molecular complexity index is 969. The third kappa shape index (κ3) is 4.52. The molecule has 7 heteroatoms. The second kappa shape index (κ2) is 8.98. The largest absolute Gasteiger partial charge is 0.443 e. The molecule has 0 unspecified atom stereocenters. The normalized spacial score (nSPS) is 15.0. The third-order valence-corrected chi connectivity index (χ3v) is 5.50. The highest BCUT2D eigenvalue weighted by atomic mass is 32.1. The molecule has 1 atom stereocenters. The van der Waals surface area contributed by atoms with Gasteiger partial charge in [0.15, 0.2) is 5.69 Å². The van der Waals surface area contributed by atoms with E-state index in [1.807, 2.05) is 48.5 Å². The van der Waals surface area contributed by atoms with E-state index in [4.69, 9.17) is 9.47 Å². The molecule has 0 saturated carbocycles. The lowest BCUT2D eigenvalue weighted by atomic mass is 10.1. The monoisotopic (exact) mass is 408 g/mol. The van der Waals surface area contributed by atoms with E-state index in [2.05, 4.69) is 4.98 Å². The lowest BCUT2D eigenvalue weighted by Crippen LogP contribution is -2.44. The van der Waals surface area contributed by atoms with Crippen molar-refractivity contribution >= 4 is 23.2 Å². The summed E-state index contributed by atoms with van der Waals surface area (Å²) in [5, 5.41) is 2.39. The van der Waals surface area contributed by atoms with Crippen molar-refractivity contribution in [2.75, 3.05) is 26.3 Å². The first kappa shape index (κ1) is 19.3. The van der Waals surface area contributed by atoms with Crippen LogP contribution in [0.3, 0.4) is 0 Å². The number of nitrogens with zero attached hydrogens (tertiary/aromatic N) is 2. The van der Waals surface area contributed by atoms with Gasteiger partial charge in [-0.2, -0.15) is 0 Å². The van der Waals surface area contributed by atoms with E-state index in [1.54, 1.807) is 22.4 Å². The van der Waals surface area contributed by atoms with Gasteiger partial charge in [-0.05, 0) is 0 Å². The molecule has 0 bridgehead atoms. The molecule has 2 aromatic carbocycles. The van der Waals surface area contributed by atoms with Crippen LogP contribution in [-0.4, -0.2) is 48.1 Å². The van der Waals surface area contributed by atoms with Crippen molar-refractivity contribution < 1.29 is 19.1 Å². The van der Waals surface area contributed by atoms with Crippen LogP contribution in [0.5, 0.6) is 0 Å². The van der Waals surface area contributed by atoms with Crippen LogP contribution in [0.15, 0.2) is 66.0 Å². The van der Waals surface area contributed by atoms with Crippen LogP contribution in [0, 0.1) is 0 Å². The van der Waals surface area contributed by atoms with Crippen molar-refractivity contribution in [3.05, 3.63) is 77.3 Å². The number of morpholine rings is 1. The molecule has 1 aliphatic rings. The Kier molecular flexibility index (Phi) is 5.97. The van der Waals surface area contributed by atoms with Gasteiger partial charge < -0.3 is 14.4 Å².